The number of aliphatic hydroxyl groups is 1. The Kier molecular flexibility index (Phi) is 4.79. The van der Waals surface area contributed by atoms with Crippen molar-refractivity contribution in [2.45, 2.75) is 12.8 Å². The Morgan fingerprint density at radius 3 is 2.85 bits per heavy atom. The fourth-order valence-electron chi connectivity index (χ4n) is 1.79. The summed E-state index contributed by atoms with van der Waals surface area (Å²) < 4.78 is 12.7. The van der Waals surface area contributed by atoms with Crippen LogP contribution in [0.15, 0.2) is 42.6 Å². The highest BCUT2D eigenvalue weighted by Gasteiger charge is 2.07. The molecule has 2 rings (SSSR count). The van der Waals surface area contributed by atoms with Crippen LogP contribution in [0.4, 0.5) is 10.1 Å². The standard InChI is InChI=1S/C15H15FN2O2/c16-12-6-7-14(17-10-12)15(20)18-13-5-1-3-11(9-13)4-2-8-19/h1,3,5-7,9-10,19H,2,4,8H2,(H,18,20). The van der Waals surface area contributed by atoms with Gasteiger partial charge in [0.1, 0.15) is 11.5 Å². The molecule has 0 unspecified atom stereocenters. The van der Waals surface area contributed by atoms with Crippen LogP contribution in [-0.2, 0) is 6.42 Å². The van der Waals surface area contributed by atoms with Crippen LogP contribution in [0.5, 0.6) is 0 Å². The first-order valence-corrected chi connectivity index (χ1v) is 6.32. The van der Waals surface area contributed by atoms with Gasteiger partial charge < -0.3 is 10.4 Å². The molecule has 0 saturated carbocycles. The van der Waals surface area contributed by atoms with Crippen molar-refractivity contribution in [1.29, 1.82) is 0 Å². The van der Waals surface area contributed by atoms with Gasteiger partial charge >= 0.3 is 0 Å². The second kappa shape index (κ2) is 6.77. The van der Waals surface area contributed by atoms with Crippen LogP contribution in [0.1, 0.15) is 22.5 Å². The first-order chi connectivity index (χ1) is 9.69. The minimum atomic E-state index is -0.479. The molecule has 0 spiro atoms. The molecule has 0 bridgehead atoms. The molecule has 0 aliphatic heterocycles. The van der Waals surface area contributed by atoms with E-state index in [0.717, 1.165) is 18.2 Å². The lowest BCUT2D eigenvalue weighted by Crippen LogP contribution is -2.13. The molecular formula is C15H15FN2O2. The summed E-state index contributed by atoms with van der Waals surface area (Å²) in [6, 6.07) is 9.91. The SMILES string of the molecule is O=C(Nc1cccc(CCCO)c1)c1ccc(F)cn1. The zero-order chi connectivity index (χ0) is 14.4. The highest BCUT2D eigenvalue weighted by molar-refractivity contribution is 6.02. The van der Waals surface area contributed by atoms with E-state index >= 15 is 0 Å². The van der Waals surface area contributed by atoms with E-state index in [-0.39, 0.29) is 18.2 Å². The zero-order valence-corrected chi connectivity index (χ0v) is 10.8. The van der Waals surface area contributed by atoms with E-state index in [0.29, 0.717) is 12.1 Å². The van der Waals surface area contributed by atoms with Crippen LogP contribution < -0.4 is 5.32 Å². The Balaban J connectivity index is 2.05. The minimum Gasteiger partial charge on any atom is -0.396 e. The molecule has 0 fully saturated rings. The summed E-state index contributed by atoms with van der Waals surface area (Å²) in [6.45, 7) is 0.135. The fourth-order valence-corrected chi connectivity index (χ4v) is 1.79. The van der Waals surface area contributed by atoms with Gasteiger partial charge in [0.2, 0.25) is 0 Å². The molecule has 1 aromatic heterocycles. The monoisotopic (exact) mass is 274 g/mol. The predicted octanol–water partition coefficient (Wildman–Crippen LogP) is 2.40. The zero-order valence-electron chi connectivity index (χ0n) is 10.8. The third kappa shape index (κ3) is 3.86. The predicted molar refractivity (Wildman–Crippen MR) is 74.0 cm³/mol. The van der Waals surface area contributed by atoms with E-state index in [4.69, 9.17) is 5.11 Å². The molecule has 0 saturated heterocycles. The summed E-state index contributed by atoms with van der Waals surface area (Å²) in [5, 5.41) is 11.5. The van der Waals surface area contributed by atoms with Gasteiger partial charge in [0, 0.05) is 12.3 Å². The van der Waals surface area contributed by atoms with E-state index in [1.54, 1.807) is 6.07 Å². The third-order valence-corrected chi connectivity index (χ3v) is 2.77. The van der Waals surface area contributed by atoms with E-state index in [9.17, 15) is 9.18 Å². The van der Waals surface area contributed by atoms with Crippen molar-refractivity contribution >= 4 is 11.6 Å². The summed E-state index contributed by atoms with van der Waals surface area (Å²) in [7, 11) is 0. The van der Waals surface area contributed by atoms with Crippen LogP contribution in [0.3, 0.4) is 0 Å². The van der Waals surface area contributed by atoms with Gasteiger partial charge in [-0.05, 0) is 42.7 Å². The Bertz CT molecular complexity index is 585. The van der Waals surface area contributed by atoms with Crippen LogP contribution in [0.25, 0.3) is 0 Å². The molecule has 0 radical (unpaired) electrons. The number of pyridine rings is 1. The Labute approximate surface area is 116 Å². The largest absolute Gasteiger partial charge is 0.396 e. The van der Waals surface area contributed by atoms with Gasteiger partial charge in [0.15, 0.2) is 0 Å². The van der Waals surface area contributed by atoms with Gasteiger partial charge in [-0.1, -0.05) is 12.1 Å². The van der Waals surface area contributed by atoms with E-state index < -0.39 is 5.82 Å². The molecule has 1 amide bonds. The highest BCUT2D eigenvalue weighted by Crippen LogP contribution is 2.13. The lowest BCUT2D eigenvalue weighted by atomic mass is 10.1. The summed E-state index contributed by atoms with van der Waals surface area (Å²) in [5.41, 5.74) is 1.84. The number of carbonyl (C=O) groups excluding carboxylic acids is 1. The Morgan fingerprint density at radius 2 is 2.15 bits per heavy atom. The molecule has 0 aliphatic rings. The molecule has 2 aromatic rings. The number of hydrogen-bond donors (Lipinski definition) is 2. The molecule has 0 atom stereocenters. The van der Waals surface area contributed by atoms with E-state index in [1.165, 1.54) is 12.1 Å². The smallest absolute Gasteiger partial charge is 0.274 e. The van der Waals surface area contributed by atoms with Crippen LogP contribution in [0, 0.1) is 5.82 Å². The van der Waals surface area contributed by atoms with Gasteiger partial charge in [-0.2, -0.15) is 0 Å². The maximum Gasteiger partial charge on any atom is 0.274 e. The molecule has 1 heterocycles. The van der Waals surface area contributed by atoms with Crippen LogP contribution >= 0.6 is 0 Å². The first kappa shape index (κ1) is 14.1. The van der Waals surface area contributed by atoms with Crippen molar-refractivity contribution < 1.29 is 14.3 Å². The summed E-state index contributed by atoms with van der Waals surface area (Å²) in [4.78, 5) is 15.6. The molecule has 4 nitrogen and oxygen atoms in total. The third-order valence-electron chi connectivity index (χ3n) is 2.77. The first-order valence-electron chi connectivity index (χ1n) is 6.32. The number of halogens is 1. The van der Waals surface area contributed by atoms with Crippen molar-refractivity contribution in [2.24, 2.45) is 0 Å². The summed E-state index contributed by atoms with van der Waals surface area (Å²) >= 11 is 0. The topological polar surface area (TPSA) is 62.2 Å². The van der Waals surface area contributed by atoms with Crippen molar-refractivity contribution in [3.05, 3.63) is 59.7 Å². The average Bonchev–Trinajstić information content (AvgIpc) is 2.46. The number of aryl methyl sites for hydroxylation is 1. The molecule has 1 aromatic carbocycles. The van der Waals surface area contributed by atoms with Gasteiger partial charge in [-0.25, -0.2) is 9.37 Å². The van der Waals surface area contributed by atoms with Gasteiger partial charge in [-0.15, -0.1) is 0 Å². The van der Waals surface area contributed by atoms with Gasteiger partial charge in [0.05, 0.1) is 6.20 Å². The number of benzene rings is 1. The van der Waals surface area contributed by atoms with Crippen molar-refractivity contribution in [1.82, 2.24) is 4.98 Å². The Hall–Kier alpha value is -2.27. The number of carbonyl (C=O) groups is 1. The minimum absolute atomic E-state index is 0.135. The van der Waals surface area contributed by atoms with Crippen molar-refractivity contribution in [3.8, 4) is 0 Å². The summed E-state index contributed by atoms with van der Waals surface area (Å²) in [5.74, 6) is -0.864. The molecule has 2 N–H and O–H groups in total. The molecule has 5 heteroatoms. The lowest BCUT2D eigenvalue weighted by molar-refractivity contribution is 0.102. The normalized spacial score (nSPS) is 10.3. The number of nitrogens with zero attached hydrogens (tertiary/aromatic N) is 1. The second-order valence-electron chi connectivity index (χ2n) is 4.34. The number of hydrogen-bond acceptors (Lipinski definition) is 3. The average molecular weight is 274 g/mol. The number of aliphatic hydroxyl groups excluding tert-OH is 1. The fraction of sp³-hybridized carbons (Fsp3) is 0.200. The van der Waals surface area contributed by atoms with Crippen LogP contribution in [-0.4, -0.2) is 22.6 Å². The molecule has 20 heavy (non-hydrogen) atoms. The quantitative estimate of drug-likeness (QED) is 0.880. The van der Waals surface area contributed by atoms with Gasteiger partial charge in [-0.3, -0.25) is 4.79 Å². The molecular weight excluding hydrogens is 259 g/mol. The Morgan fingerprint density at radius 1 is 1.30 bits per heavy atom. The van der Waals surface area contributed by atoms with Crippen molar-refractivity contribution in [3.63, 3.8) is 0 Å². The highest BCUT2D eigenvalue weighted by atomic mass is 19.1. The van der Waals surface area contributed by atoms with E-state index in [2.05, 4.69) is 10.3 Å². The molecule has 0 aliphatic carbocycles. The van der Waals surface area contributed by atoms with E-state index in [1.807, 2.05) is 18.2 Å². The van der Waals surface area contributed by atoms with Gasteiger partial charge in [0.25, 0.3) is 5.91 Å². The number of nitrogens with one attached hydrogen (secondary N) is 1. The number of anilines is 1. The maximum atomic E-state index is 12.7. The summed E-state index contributed by atoms with van der Waals surface area (Å²) in [6.07, 6.45) is 2.43. The van der Waals surface area contributed by atoms with Crippen LogP contribution in [0.2, 0.25) is 0 Å². The lowest BCUT2D eigenvalue weighted by Gasteiger charge is -2.07. The number of amides is 1. The maximum absolute atomic E-state index is 12.7. The number of aromatic nitrogens is 1. The second-order valence-corrected chi connectivity index (χ2v) is 4.34. The molecule has 104 valence electrons. The number of rotatable bonds is 5. The van der Waals surface area contributed by atoms with Crippen molar-refractivity contribution in [2.75, 3.05) is 11.9 Å².